The number of fused-ring (bicyclic) bond motifs is 1. The van der Waals surface area contributed by atoms with Crippen LogP contribution in [0.2, 0.25) is 0 Å². The van der Waals surface area contributed by atoms with Crippen LogP contribution in [0.25, 0.3) is 5.57 Å². The fourth-order valence-electron chi connectivity index (χ4n) is 2.69. The van der Waals surface area contributed by atoms with Gasteiger partial charge in [0.05, 0.1) is 29.7 Å². The Morgan fingerprint density at radius 1 is 1.26 bits per heavy atom. The lowest BCUT2D eigenvalue weighted by molar-refractivity contribution is 0.104. The summed E-state index contributed by atoms with van der Waals surface area (Å²) in [5, 5.41) is 0.0516. The summed E-state index contributed by atoms with van der Waals surface area (Å²) in [6, 6.07) is 2.70. The Bertz CT molecular complexity index is 1160. The fourth-order valence-corrected chi connectivity index (χ4v) is 3.82. The molecule has 0 atom stereocenters. The van der Waals surface area contributed by atoms with E-state index in [0.29, 0.717) is 6.42 Å². The van der Waals surface area contributed by atoms with Crippen LogP contribution in [0.3, 0.4) is 0 Å². The van der Waals surface area contributed by atoms with Crippen LogP contribution in [0.4, 0.5) is 18.9 Å². The zero-order chi connectivity index (χ0) is 19.8. The molecule has 0 bridgehead atoms. The van der Waals surface area contributed by atoms with E-state index in [1.165, 1.54) is 0 Å². The average molecular weight is 397 g/mol. The number of nitrogens with one attached hydrogen (secondary N) is 1. The second-order valence-electron chi connectivity index (χ2n) is 5.85. The van der Waals surface area contributed by atoms with Crippen LogP contribution in [0.15, 0.2) is 29.4 Å². The number of hydrogen-bond acceptors (Lipinski definition) is 5. The summed E-state index contributed by atoms with van der Waals surface area (Å²) < 4.78 is 68.1. The summed E-state index contributed by atoms with van der Waals surface area (Å²) in [7, 11) is -3.84. The number of carbonyl (C=O) groups excluding carboxylic acids is 1. The van der Waals surface area contributed by atoms with E-state index in [0.717, 1.165) is 24.4 Å². The predicted molar refractivity (Wildman–Crippen MR) is 91.6 cm³/mol. The van der Waals surface area contributed by atoms with Crippen molar-refractivity contribution in [2.45, 2.75) is 13.3 Å². The van der Waals surface area contributed by atoms with Crippen LogP contribution in [-0.4, -0.2) is 31.5 Å². The van der Waals surface area contributed by atoms with Crippen molar-refractivity contribution in [2.24, 2.45) is 4.99 Å². The lowest BCUT2D eigenvalue weighted by Crippen LogP contribution is -2.29. The van der Waals surface area contributed by atoms with Crippen molar-refractivity contribution in [3.63, 3.8) is 0 Å². The van der Waals surface area contributed by atoms with Crippen molar-refractivity contribution in [3.05, 3.63) is 58.1 Å². The molecule has 1 aliphatic heterocycles. The molecule has 0 amide bonds. The van der Waals surface area contributed by atoms with Gasteiger partial charge in [0.1, 0.15) is 11.6 Å². The quantitative estimate of drug-likeness (QED) is 0.745. The molecular formula is C17H14F3N3O3S. The summed E-state index contributed by atoms with van der Waals surface area (Å²) in [5.74, 6) is -4.54. The van der Waals surface area contributed by atoms with Crippen LogP contribution >= 0.6 is 0 Å². The van der Waals surface area contributed by atoms with Gasteiger partial charge in [-0.3, -0.25) is 14.5 Å². The van der Waals surface area contributed by atoms with Gasteiger partial charge in [0.2, 0.25) is 10.0 Å². The van der Waals surface area contributed by atoms with Gasteiger partial charge in [0, 0.05) is 10.8 Å². The van der Waals surface area contributed by atoms with E-state index in [-0.39, 0.29) is 28.6 Å². The number of halogens is 3. The Hall–Kier alpha value is -2.75. The third kappa shape index (κ3) is 3.70. The first-order chi connectivity index (χ1) is 12.7. The highest BCUT2D eigenvalue weighted by atomic mass is 32.2. The molecule has 2 aromatic rings. The third-order valence-corrected chi connectivity index (χ3v) is 5.35. The number of nitrogens with zero attached hydrogens (tertiary/aromatic N) is 2. The van der Waals surface area contributed by atoms with Gasteiger partial charge in [-0.2, -0.15) is 0 Å². The summed E-state index contributed by atoms with van der Waals surface area (Å²) in [4.78, 5) is 20.4. The Balaban J connectivity index is 2.10. The summed E-state index contributed by atoms with van der Waals surface area (Å²) in [6.45, 7) is 1.41. The number of ketones is 1. The van der Waals surface area contributed by atoms with Crippen molar-refractivity contribution in [3.8, 4) is 0 Å². The lowest BCUT2D eigenvalue weighted by atomic mass is 10.0. The second kappa shape index (κ2) is 7.10. The lowest BCUT2D eigenvalue weighted by Gasteiger charge is -2.11. The number of pyridine rings is 1. The highest BCUT2D eigenvalue weighted by Crippen LogP contribution is 2.25. The largest absolute Gasteiger partial charge is 0.289 e. The van der Waals surface area contributed by atoms with E-state index in [2.05, 4.69) is 9.98 Å². The van der Waals surface area contributed by atoms with E-state index in [9.17, 15) is 26.4 Å². The van der Waals surface area contributed by atoms with E-state index < -0.39 is 44.5 Å². The Morgan fingerprint density at radius 2 is 2.00 bits per heavy atom. The minimum Gasteiger partial charge on any atom is -0.289 e. The topological polar surface area (TPSA) is 88.5 Å². The first kappa shape index (κ1) is 19.0. The smallest absolute Gasteiger partial charge is 0.232 e. The molecule has 0 fully saturated rings. The molecule has 1 aromatic carbocycles. The number of aromatic nitrogens is 1. The molecule has 0 saturated carbocycles. The van der Waals surface area contributed by atoms with Gasteiger partial charge in [-0.15, -0.1) is 0 Å². The van der Waals surface area contributed by atoms with Gasteiger partial charge < -0.3 is 0 Å². The molecule has 0 aliphatic carbocycles. The van der Waals surface area contributed by atoms with Gasteiger partial charge in [0.25, 0.3) is 0 Å². The summed E-state index contributed by atoms with van der Waals surface area (Å²) in [6.07, 6.45) is 1.21. The van der Waals surface area contributed by atoms with Gasteiger partial charge in [0.15, 0.2) is 17.1 Å². The Morgan fingerprint density at radius 3 is 2.70 bits per heavy atom. The second-order valence-corrected chi connectivity index (χ2v) is 7.70. The number of Topliss-reactive ketones (excluding diaryl/α,β-unsaturated/α-hetero) is 1. The van der Waals surface area contributed by atoms with E-state index in [1.54, 1.807) is 6.92 Å². The number of carbonyl (C=O) groups is 1. The van der Waals surface area contributed by atoms with Crippen molar-refractivity contribution >= 4 is 27.1 Å². The minimum absolute atomic E-state index is 0.0516. The van der Waals surface area contributed by atoms with Gasteiger partial charge in [-0.1, -0.05) is 6.92 Å². The molecule has 2 heterocycles. The molecular weight excluding hydrogens is 383 g/mol. The maximum Gasteiger partial charge on any atom is 0.232 e. The number of hydrogen-bond donors (Lipinski definition) is 1. The number of rotatable bonds is 6. The molecule has 142 valence electrons. The standard InChI is InChI=1S/C17H14F3N3O3S/c1-2-5-27(25,26)23-13-4-3-12(19)14(15(13)20)16(24)11-8-22-17-10(11)6-9(18)7-21-17/h3-4,6-7,23H,2,5,8H2,1H3. The Kier molecular flexibility index (Phi) is 5.01. The maximum absolute atomic E-state index is 14.7. The Labute approximate surface area is 152 Å². The van der Waals surface area contributed by atoms with Gasteiger partial charge in [-0.25, -0.2) is 26.6 Å². The van der Waals surface area contributed by atoms with Crippen molar-refractivity contribution in [1.82, 2.24) is 4.98 Å². The number of sulfonamides is 1. The van der Waals surface area contributed by atoms with Crippen molar-refractivity contribution in [2.75, 3.05) is 17.0 Å². The molecule has 3 rings (SSSR count). The molecule has 0 unspecified atom stereocenters. The van der Waals surface area contributed by atoms with Gasteiger partial charge >= 0.3 is 0 Å². The number of benzene rings is 1. The first-order valence-corrected chi connectivity index (χ1v) is 9.61. The first-order valence-electron chi connectivity index (χ1n) is 7.96. The summed E-state index contributed by atoms with van der Waals surface area (Å²) in [5.41, 5.74) is -1.50. The molecule has 0 radical (unpaired) electrons. The third-order valence-electron chi connectivity index (χ3n) is 3.88. The number of anilines is 1. The normalized spacial score (nSPS) is 13.3. The molecule has 6 nitrogen and oxygen atoms in total. The average Bonchev–Trinajstić information content (AvgIpc) is 3.00. The van der Waals surface area contributed by atoms with Crippen LogP contribution in [0, 0.1) is 17.5 Å². The molecule has 0 saturated heterocycles. The monoisotopic (exact) mass is 397 g/mol. The molecule has 10 heteroatoms. The zero-order valence-corrected chi connectivity index (χ0v) is 14.9. The van der Waals surface area contributed by atoms with E-state index in [1.807, 2.05) is 4.72 Å². The summed E-state index contributed by atoms with van der Waals surface area (Å²) >= 11 is 0. The fraction of sp³-hybridized carbons (Fsp3) is 0.235. The van der Waals surface area contributed by atoms with Crippen LogP contribution in [0.1, 0.15) is 23.7 Å². The van der Waals surface area contributed by atoms with Crippen molar-refractivity contribution < 1.29 is 26.4 Å². The highest BCUT2D eigenvalue weighted by molar-refractivity contribution is 7.92. The molecule has 0 spiro atoms. The minimum atomic E-state index is -3.84. The van der Waals surface area contributed by atoms with Crippen LogP contribution in [0.5, 0.6) is 0 Å². The van der Waals surface area contributed by atoms with Crippen LogP contribution in [-0.2, 0) is 10.0 Å². The zero-order valence-electron chi connectivity index (χ0n) is 14.1. The van der Waals surface area contributed by atoms with Gasteiger partial charge in [-0.05, 0) is 24.6 Å². The molecule has 27 heavy (non-hydrogen) atoms. The maximum atomic E-state index is 14.7. The predicted octanol–water partition coefficient (Wildman–Crippen LogP) is 1.32. The van der Waals surface area contributed by atoms with Crippen LogP contribution < -0.4 is 15.4 Å². The highest BCUT2D eigenvalue weighted by Gasteiger charge is 2.27. The molecule has 1 N–H and O–H groups in total. The SMILES string of the molecule is CCCS(=O)(=O)Nc1ccc(F)c(C(=O)C2=c3cc(F)cnc3=NC2)c1F. The molecule has 1 aliphatic rings. The molecule has 1 aromatic heterocycles. The van der Waals surface area contributed by atoms with Crippen molar-refractivity contribution in [1.29, 1.82) is 0 Å². The van der Waals surface area contributed by atoms with E-state index in [4.69, 9.17) is 0 Å². The van der Waals surface area contributed by atoms with E-state index >= 15 is 0 Å².